The molecular weight excluding hydrogens is 465 g/mol. The molecule has 4 N–H and O–H groups in total. The third-order valence-corrected chi connectivity index (χ3v) is 6.42. The van der Waals surface area contributed by atoms with Crippen molar-refractivity contribution >= 4 is 17.8 Å². The number of phenols is 3. The molecule has 0 spiro atoms. The summed E-state index contributed by atoms with van der Waals surface area (Å²) in [7, 11) is 0. The van der Waals surface area contributed by atoms with Crippen LogP contribution in [0, 0.1) is 19.7 Å². The number of carbonyl (C=O) groups excluding carboxylic acids is 2. The van der Waals surface area contributed by atoms with E-state index in [0.29, 0.717) is 55.2 Å². The SMILES string of the molecule is Cc1[nH]c(/C=C/C(=O)c2cc(O)c(O)c(O)c2)c(C)c1C(=O)N1CCN(Cc2ccc(F)cc2)CC1. The summed E-state index contributed by atoms with van der Waals surface area (Å²) in [4.78, 5) is 33.0. The molecule has 4 rings (SSSR count). The monoisotopic (exact) mass is 493 g/mol. The number of carbonyl (C=O) groups is 2. The molecule has 1 fully saturated rings. The molecular formula is C27H28FN3O5. The minimum absolute atomic E-state index is 0.00906. The van der Waals surface area contributed by atoms with Gasteiger partial charge >= 0.3 is 0 Å². The zero-order valence-electron chi connectivity index (χ0n) is 20.1. The number of benzene rings is 2. The maximum Gasteiger partial charge on any atom is 0.256 e. The first-order chi connectivity index (χ1) is 17.1. The Labute approximate surface area is 207 Å². The number of rotatable bonds is 6. The van der Waals surface area contributed by atoms with Gasteiger partial charge in [0.15, 0.2) is 23.0 Å². The van der Waals surface area contributed by atoms with Crippen LogP contribution in [0.15, 0.2) is 42.5 Å². The zero-order chi connectivity index (χ0) is 26.0. The fourth-order valence-electron chi connectivity index (χ4n) is 4.38. The fourth-order valence-corrected chi connectivity index (χ4v) is 4.38. The summed E-state index contributed by atoms with van der Waals surface area (Å²) in [6.07, 6.45) is 2.81. The van der Waals surface area contributed by atoms with Crippen molar-refractivity contribution < 1.29 is 29.3 Å². The summed E-state index contributed by atoms with van der Waals surface area (Å²) in [5.74, 6) is -2.71. The molecule has 0 radical (unpaired) electrons. The van der Waals surface area contributed by atoms with E-state index < -0.39 is 23.0 Å². The average Bonchev–Trinajstić information content (AvgIpc) is 3.14. The molecule has 0 saturated carbocycles. The van der Waals surface area contributed by atoms with E-state index >= 15 is 0 Å². The number of allylic oxidation sites excluding steroid dienone is 1. The second-order valence-corrected chi connectivity index (χ2v) is 8.92. The third-order valence-electron chi connectivity index (χ3n) is 6.42. The molecule has 0 aliphatic carbocycles. The highest BCUT2D eigenvalue weighted by Crippen LogP contribution is 2.35. The number of amides is 1. The molecule has 0 atom stereocenters. The number of phenolic OH excluding ortho intramolecular Hbond substituents is 3. The molecule has 8 nitrogen and oxygen atoms in total. The van der Waals surface area contributed by atoms with Crippen LogP contribution in [0.2, 0.25) is 0 Å². The summed E-state index contributed by atoms with van der Waals surface area (Å²) in [5.41, 5.74) is 3.61. The van der Waals surface area contributed by atoms with Crippen LogP contribution in [0.3, 0.4) is 0 Å². The van der Waals surface area contributed by atoms with Gasteiger partial charge in [-0.1, -0.05) is 12.1 Å². The highest BCUT2D eigenvalue weighted by atomic mass is 19.1. The quantitative estimate of drug-likeness (QED) is 0.236. The van der Waals surface area contributed by atoms with E-state index in [0.717, 1.165) is 17.7 Å². The fraction of sp³-hybridized carbons (Fsp3) is 0.259. The maximum atomic E-state index is 13.3. The first-order valence-corrected chi connectivity index (χ1v) is 11.6. The predicted molar refractivity (Wildman–Crippen MR) is 133 cm³/mol. The van der Waals surface area contributed by atoms with Crippen molar-refractivity contribution in [2.45, 2.75) is 20.4 Å². The average molecular weight is 494 g/mol. The Morgan fingerprint density at radius 3 is 2.22 bits per heavy atom. The van der Waals surface area contributed by atoms with E-state index in [2.05, 4.69) is 9.88 Å². The zero-order valence-corrected chi connectivity index (χ0v) is 20.1. The third kappa shape index (κ3) is 5.26. The number of H-pyrrole nitrogens is 1. The number of aromatic amines is 1. The normalized spacial score (nSPS) is 14.5. The van der Waals surface area contributed by atoms with Gasteiger partial charge in [-0.25, -0.2) is 4.39 Å². The van der Waals surface area contributed by atoms with Gasteiger partial charge in [0.05, 0.1) is 5.56 Å². The van der Waals surface area contributed by atoms with Crippen molar-refractivity contribution in [2.75, 3.05) is 26.2 Å². The van der Waals surface area contributed by atoms with Gasteiger partial charge in [0.2, 0.25) is 0 Å². The second kappa shape index (κ2) is 10.2. The Morgan fingerprint density at radius 1 is 1.00 bits per heavy atom. The number of aromatic hydroxyl groups is 3. The minimum atomic E-state index is -0.689. The lowest BCUT2D eigenvalue weighted by Crippen LogP contribution is -2.48. The molecule has 1 aliphatic heterocycles. The topological polar surface area (TPSA) is 117 Å². The van der Waals surface area contributed by atoms with Crippen LogP contribution in [0.5, 0.6) is 17.2 Å². The molecule has 36 heavy (non-hydrogen) atoms. The van der Waals surface area contributed by atoms with Crippen molar-refractivity contribution in [1.82, 2.24) is 14.8 Å². The Hall–Kier alpha value is -4.11. The molecule has 0 unspecified atom stereocenters. The molecule has 0 bridgehead atoms. The first-order valence-electron chi connectivity index (χ1n) is 11.6. The summed E-state index contributed by atoms with van der Waals surface area (Å²) < 4.78 is 13.1. The number of aryl methyl sites for hydroxylation is 1. The van der Waals surface area contributed by atoms with Gasteiger partial charge in [-0.2, -0.15) is 0 Å². The van der Waals surface area contributed by atoms with Gasteiger partial charge in [0.1, 0.15) is 5.82 Å². The van der Waals surface area contributed by atoms with Crippen molar-refractivity contribution in [3.05, 3.63) is 81.9 Å². The van der Waals surface area contributed by atoms with Gasteiger partial charge in [-0.15, -0.1) is 0 Å². The van der Waals surface area contributed by atoms with Crippen molar-refractivity contribution in [3.8, 4) is 17.2 Å². The predicted octanol–water partition coefficient (Wildman–Crippen LogP) is 3.74. The van der Waals surface area contributed by atoms with Crippen LogP contribution in [0.1, 0.15) is 43.2 Å². The van der Waals surface area contributed by atoms with E-state index in [1.807, 2.05) is 11.8 Å². The molecule has 1 aliphatic rings. The molecule has 2 heterocycles. The van der Waals surface area contributed by atoms with E-state index in [-0.39, 0.29) is 17.3 Å². The van der Waals surface area contributed by atoms with E-state index in [4.69, 9.17) is 0 Å². The number of piperazine rings is 1. The Kier molecular flexibility index (Phi) is 7.12. The number of nitrogens with one attached hydrogen (secondary N) is 1. The maximum absolute atomic E-state index is 13.3. The van der Waals surface area contributed by atoms with Crippen molar-refractivity contribution in [1.29, 1.82) is 0 Å². The highest BCUT2D eigenvalue weighted by Gasteiger charge is 2.26. The van der Waals surface area contributed by atoms with Gasteiger partial charge in [-0.05, 0) is 61.4 Å². The molecule has 188 valence electrons. The molecule has 9 heteroatoms. The Balaban J connectivity index is 1.42. The van der Waals surface area contributed by atoms with Crippen LogP contribution < -0.4 is 0 Å². The molecule has 1 aromatic heterocycles. The molecule has 1 amide bonds. The van der Waals surface area contributed by atoms with Gasteiger partial charge < -0.3 is 25.2 Å². The van der Waals surface area contributed by atoms with Crippen LogP contribution in [0.25, 0.3) is 6.08 Å². The number of hydrogen-bond acceptors (Lipinski definition) is 6. The Morgan fingerprint density at radius 2 is 1.61 bits per heavy atom. The molecule has 2 aromatic carbocycles. The van der Waals surface area contributed by atoms with Gasteiger partial charge in [-0.3, -0.25) is 14.5 Å². The standard InChI is InChI=1S/C27H28FN3O5/c1-16-21(7-8-22(32)19-13-23(33)26(35)24(34)14-19)29-17(2)25(16)27(36)31-11-9-30(10-12-31)15-18-3-5-20(28)6-4-18/h3-8,13-14,29,33-35H,9-12,15H2,1-2H3/b8-7+. The highest BCUT2D eigenvalue weighted by molar-refractivity contribution is 6.07. The molecule has 1 saturated heterocycles. The Bertz CT molecular complexity index is 1300. The van der Waals surface area contributed by atoms with Crippen LogP contribution >= 0.6 is 0 Å². The lowest BCUT2D eigenvalue weighted by molar-refractivity contribution is 0.0627. The minimum Gasteiger partial charge on any atom is -0.504 e. The number of hydrogen-bond donors (Lipinski definition) is 4. The number of halogens is 1. The first kappa shape index (κ1) is 25.0. The van der Waals surface area contributed by atoms with Gasteiger partial charge in [0.25, 0.3) is 5.91 Å². The summed E-state index contributed by atoms with van der Waals surface area (Å²) in [5, 5.41) is 28.7. The van der Waals surface area contributed by atoms with Gasteiger partial charge in [0, 0.05) is 49.7 Å². The summed E-state index contributed by atoms with van der Waals surface area (Å²) in [6.45, 7) is 6.87. The molecule has 3 aromatic rings. The number of ketones is 1. The van der Waals surface area contributed by atoms with E-state index in [9.17, 15) is 29.3 Å². The number of aromatic nitrogens is 1. The second-order valence-electron chi connectivity index (χ2n) is 8.92. The lowest BCUT2D eigenvalue weighted by atomic mass is 10.1. The van der Waals surface area contributed by atoms with Crippen molar-refractivity contribution in [2.24, 2.45) is 0 Å². The summed E-state index contributed by atoms with van der Waals surface area (Å²) in [6, 6.07) is 8.58. The number of nitrogens with zero attached hydrogens (tertiary/aromatic N) is 2. The summed E-state index contributed by atoms with van der Waals surface area (Å²) >= 11 is 0. The lowest BCUT2D eigenvalue weighted by Gasteiger charge is -2.35. The van der Waals surface area contributed by atoms with Crippen LogP contribution in [-0.4, -0.2) is 68.0 Å². The van der Waals surface area contributed by atoms with Crippen LogP contribution in [-0.2, 0) is 6.54 Å². The smallest absolute Gasteiger partial charge is 0.256 e. The van der Waals surface area contributed by atoms with E-state index in [1.165, 1.54) is 18.2 Å². The van der Waals surface area contributed by atoms with Crippen molar-refractivity contribution in [3.63, 3.8) is 0 Å². The largest absolute Gasteiger partial charge is 0.504 e. The van der Waals surface area contributed by atoms with E-state index in [1.54, 1.807) is 25.1 Å². The van der Waals surface area contributed by atoms with Crippen LogP contribution in [0.4, 0.5) is 4.39 Å².